The van der Waals surface area contributed by atoms with Crippen molar-refractivity contribution >= 4 is 0 Å². The second-order valence-electron chi connectivity index (χ2n) is 5.68. The van der Waals surface area contributed by atoms with Crippen molar-refractivity contribution in [2.45, 2.75) is 45.4 Å². The van der Waals surface area contributed by atoms with E-state index in [2.05, 4.69) is 63.0 Å². The average Bonchev–Trinajstić information content (AvgIpc) is 2.47. The molecule has 1 heterocycles. The van der Waals surface area contributed by atoms with Crippen molar-refractivity contribution in [3.8, 4) is 0 Å². The summed E-state index contributed by atoms with van der Waals surface area (Å²) in [6.07, 6.45) is 3.09. The molecule has 1 nitrogen and oxygen atoms in total. The molecule has 1 unspecified atom stereocenters. The Morgan fingerprint density at radius 2 is 2.00 bits per heavy atom. The summed E-state index contributed by atoms with van der Waals surface area (Å²) in [6.45, 7) is 8.91. The quantitative estimate of drug-likeness (QED) is 0.619. The van der Waals surface area contributed by atoms with Gasteiger partial charge in [-0.15, -0.1) is 0 Å². The molecule has 2 rings (SSSR count). The summed E-state index contributed by atoms with van der Waals surface area (Å²) in [4.78, 5) is 4.58. The molecular weight excluding hydrogens is 425 g/mol. The van der Waals surface area contributed by atoms with Gasteiger partial charge in [0.25, 0.3) is 0 Å². The Bertz CT molecular complexity index is 534. The van der Waals surface area contributed by atoms with Gasteiger partial charge in [0.1, 0.15) is 0 Å². The van der Waals surface area contributed by atoms with Gasteiger partial charge in [-0.25, -0.2) is 0 Å². The van der Waals surface area contributed by atoms with Gasteiger partial charge in [-0.3, -0.25) is 4.98 Å². The summed E-state index contributed by atoms with van der Waals surface area (Å²) in [7, 11) is 0. The van der Waals surface area contributed by atoms with Gasteiger partial charge in [-0.2, -0.15) is 35.9 Å². The molecule has 0 fully saturated rings. The fourth-order valence-electron chi connectivity index (χ4n) is 2.25. The molecule has 2 aromatic rings. The van der Waals surface area contributed by atoms with Crippen LogP contribution in [0.1, 0.15) is 56.9 Å². The minimum atomic E-state index is -0.106. The third-order valence-electron chi connectivity index (χ3n) is 3.99. The average molecular weight is 447 g/mol. The Balaban J connectivity index is 0.00000200. The van der Waals surface area contributed by atoms with Gasteiger partial charge < -0.3 is 0 Å². The number of rotatable bonds is 4. The zero-order valence-electron chi connectivity index (χ0n) is 12.6. The van der Waals surface area contributed by atoms with E-state index in [1.165, 1.54) is 11.1 Å². The Kier molecular flexibility index (Phi) is 6.14. The number of nitrogens with zero attached hydrogens (tertiary/aromatic N) is 1. The van der Waals surface area contributed by atoms with E-state index >= 15 is 0 Å². The van der Waals surface area contributed by atoms with Crippen molar-refractivity contribution in [3.63, 3.8) is 0 Å². The summed E-state index contributed by atoms with van der Waals surface area (Å²) in [6, 6.07) is 15.9. The SMILES string of the molecule is CCC(C)c1ccnc(C(C)(C)c2[c-]cccc2)c1.[Pt]. The molecule has 0 N–H and O–H groups in total. The minimum Gasteiger partial charge on any atom is -0.260 e. The van der Waals surface area contributed by atoms with Crippen molar-refractivity contribution < 1.29 is 21.1 Å². The van der Waals surface area contributed by atoms with Crippen LogP contribution in [0.5, 0.6) is 0 Å². The van der Waals surface area contributed by atoms with Gasteiger partial charge in [-0.05, 0) is 30.0 Å². The monoisotopic (exact) mass is 447 g/mol. The first kappa shape index (κ1) is 17.1. The maximum atomic E-state index is 4.58. The smallest absolute Gasteiger partial charge is 0.0485 e. The molecule has 0 aliphatic rings. The van der Waals surface area contributed by atoms with Crippen LogP contribution in [-0.2, 0) is 26.5 Å². The molecule has 0 saturated heterocycles. The standard InChI is InChI=1S/C18H22N.Pt/c1-5-14(2)15-11-12-19-17(13-15)18(3,4)16-9-7-6-8-10-16;/h6-9,11-14H,5H2,1-4H3;/q-1;. The fraction of sp³-hybridized carbons (Fsp3) is 0.389. The van der Waals surface area contributed by atoms with E-state index in [-0.39, 0.29) is 26.5 Å². The summed E-state index contributed by atoms with van der Waals surface area (Å²) in [5.74, 6) is 0.581. The molecular formula is C18H22NPt-. The van der Waals surface area contributed by atoms with Gasteiger partial charge in [0, 0.05) is 38.4 Å². The number of hydrogen-bond acceptors (Lipinski definition) is 1. The molecule has 0 bridgehead atoms. The largest absolute Gasteiger partial charge is 0.260 e. The normalized spacial score (nSPS) is 12.6. The summed E-state index contributed by atoms with van der Waals surface area (Å²) >= 11 is 0. The number of pyridine rings is 1. The van der Waals surface area contributed by atoms with Gasteiger partial charge in [0.2, 0.25) is 0 Å². The summed E-state index contributed by atoms with van der Waals surface area (Å²) in [5.41, 5.74) is 3.57. The summed E-state index contributed by atoms with van der Waals surface area (Å²) in [5, 5.41) is 0. The molecule has 0 amide bonds. The van der Waals surface area contributed by atoms with Crippen LogP contribution in [0.2, 0.25) is 0 Å². The molecule has 0 saturated carbocycles. The molecule has 0 aliphatic heterocycles. The Labute approximate surface area is 137 Å². The van der Waals surface area contributed by atoms with Crippen LogP contribution in [0.3, 0.4) is 0 Å². The second-order valence-corrected chi connectivity index (χ2v) is 5.68. The molecule has 20 heavy (non-hydrogen) atoms. The van der Waals surface area contributed by atoms with Crippen molar-refractivity contribution in [1.29, 1.82) is 0 Å². The molecule has 1 aromatic carbocycles. The summed E-state index contributed by atoms with van der Waals surface area (Å²) < 4.78 is 0. The second kappa shape index (κ2) is 7.18. The van der Waals surface area contributed by atoms with Crippen LogP contribution >= 0.6 is 0 Å². The molecule has 0 spiro atoms. The van der Waals surface area contributed by atoms with E-state index in [1.807, 2.05) is 18.3 Å². The predicted molar refractivity (Wildman–Crippen MR) is 80.3 cm³/mol. The van der Waals surface area contributed by atoms with Crippen molar-refractivity contribution in [2.24, 2.45) is 0 Å². The van der Waals surface area contributed by atoms with Crippen molar-refractivity contribution in [3.05, 3.63) is 65.5 Å². The molecule has 1 atom stereocenters. The number of hydrogen-bond donors (Lipinski definition) is 0. The first-order valence-electron chi connectivity index (χ1n) is 6.99. The Morgan fingerprint density at radius 3 is 2.60 bits per heavy atom. The van der Waals surface area contributed by atoms with E-state index in [1.54, 1.807) is 0 Å². The van der Waals surface area contributed by atoms with Crippen LogP contribution in [0.15, 0.2) is 42.6 Å². The third kappa shape index (κ3) is 3.58. The zero-order chi connectivity index (χ0) is 13.9. The van der Waals surface area contributed by atoms with Gasteiger partial charge in [-0.1, -0.05) is 27.7 Å². The van der Waals surface area contributed by atoms with Crippen LogP contribution in [0, 0.1) is 6.07 Å². The third-order valence-corrected chi connectivity index (χ3v) is 3.99. The number of aromatic nitrogens is 1. The van der Waals surface area contributed by atoms with Crippen LogP contribution < -0.4 is 0 Å². The Hall–Kier alpha value is -0.942. The fourth-order valence-corrected chi connectivity index (χ4v) is 2.25. The van der Waals surface area contributed by atoms with Crippen molar-refractivity contribution in [1.82, 2.24) is 4.98 Å². The molecule has 1 aromatic heterocycles. The van der Waals surface area contributed by atoms with E-state index in [9.17, 15) is 0 Å². The first-order valence-corrected chi connectivity index (χ1v) is 6.99. The number of benzene rings is 1. The van der Waals surface area contributed by atoms with E-state index in [4.69, 9.17) is 0 Å². The van der Waals surface area contributed by atoms with E-state index in [0.717, 1.165) is 12.1 Å². The van der Waals surface area contributed by atoms with Gasteiger partial charge in [0.15, 0.2) is 0 Å². The van der Waals surface area contributed by atoms with Crippen molar-refractivity contribution in [2.75, 3.05) is 0 Å². The molecule has 110 valence electrons. The molecule has 0 radical (unpaired) electrons. The van der Waals surface area contributed by atoms with E-state index < -0.39 is 0 Å². The zero-order valence-corrected chi connectivity index (χ0v) is 14.9. The Morgan fingerprint density at radius 1 is 1.25 bits per heavy atom. The maximum absolute atomic E-state index is 4.58. The van der Waals surface area contributed by atoms with Crippen LogP contribution in [0.25, 0.3) is 0 Å². The first-order chi connectivity index (χ1) is 9.05. The van der Waals surface area contributed by atoms with E-state index in [0.29, 0.717) is 5.92 Å². The predicted octanol–water partition coefficient (Wildman–Crippen LogP) is 4.72. The van der Waals surface area contributed by atoms with Gasteiger partial charge >= 0.3 is 0 Å². The minimum absolute atomic E-state index is 0. The van der Waals surface area contributed by atoms with Crippen LogP contribution in [-0.4, -0.2) is 4.98 Å². The molecule has 2 heteroatoms. The maximum Gasteiger partial charge on any atom is 0.0485 e. The van der Waals surface area contributed by atoms with Crippen LogP contribution in [0.4, 0.5) is 0 Å². The topological polar surface area (TPSA) is 12.9 Å². The molecule has 0 aliphatic carbocycles. The van der Waals surface area contributed by atoms with Gasteiger partial charge in [0.05, 0.1) is 0 Å².